The maximum atomic E-state index is 4.52. The summed E-state index contributed by atoms with van der Waals surface area (Å²) in [5.41, 5.74) is 2.14. The third kappa shape index (κ3) is 2.70. The van der Waals surface area contributed by atoms with Crippen molar-refractivity contribution in [2.24, 2.45) is 11.8 Å². The summed E-state index contributed by atoms with van der Waals surface area (Å²) in [6, 6.07) is 2.15. The fourth-order valence-electron chi connectivity index (χ4n) is 3.91. The molecule has 0 aromatic carbocycles. The maximum Gasteiger partial charge on any atom is 0.150 e. The van der Waals surface area contributed by atoms with Crippen LogP contribution in [0.25, 0.3) is 0 Å². The van der Waals surface area contributed by atoms with Crippen molar-refractivity contribution in [3.05, 3.63) is 36.2 Å². The van der Waals surface area contributed by atoms with E-state index in [0.29, 0.717) is 17.8 Å². The number of fused-ring (bicyclic) bond motifs is 1. The summed E-state index contributed by atoms with van der Waals surface area (Å²) in [7, 11) is 0. The number of nitrogens with zero attached hydrogens (tertiary/aromatic N) is 6. The van der Waals surface area contributed by atoms with Crippen LogP contribution in [-0.4, -0.2) is 46.1 Å². The van der Waals surface area contributed by atoms with Gasteiger partial charge in [0.15, 0.2) is 0 Å². The Bertz CT molecular complexity index is 717. The topological polar surface area (TPSA) is 58.0 Å². The summed E-state index contributed by atoms with van der Waals surface area (Å²) < 4.78 is 0. The molecule has 4 rings (SSSR count). The number of aryl methyl sites for hydroxylation is 1. The van der Waals surface area contributed by atoms with E-state index in [2.05, 4.69) is 49.6 Å². The molecule has 2 fully saturated rings. The quantitative estimate of drug-likeness (QED) is 0.863. The lowest BCUT2D eigenvalue weighted by atomic mass is 10.0. The molecular weight excluding hydrogens is 300 g/mol. The van der Waals surface area contributed by atoms with Crippen molar-refractivity contribution >= 4 is 11.6 Å². The normalized spacial score (nSPS) is 23.2. The van der Waals surface area contributed by atoms with E-state index >= 15 is 0 Å². The first kappa shape index (κ1) is 15.3. The van der Waals surface area contributed by atoms with E-state index in [9.17, 15) is 0 Å². The Balaban J connectivity index is 1.47. The monoisotopic (exact) mass is 324 g/mol. The van der Waals surface area contributed by atoms with Gasteiger partial charge in [0.05, 0.1) is 5.69 Å². The SMILES string of the molecule is Cc1nccnc1N1CC2CN(c3cc(C(C)C)ncn3)CC2C1. The van der Waals surface area contributed by atoms with Gasteiger partial charge in [-0.2, -0.15) is 0 Å². The Morgan fingerprint density at radius 1 is 0.917 bits per heavy atom. The minimum Gasteiger partial charge on any atom is -0.356 e. The zero-order valence-electron chi connectivity index (χ0n) is 14.6. The van der Waals surface area contributed by atoms with Gasteiger partial charge in [-0.3, -0.25) is 4.98 Å². The molecule has 0 bridgehead atoms. The van der Waals surface area contributed by atoms with Crippen molar-refractivity contribution in [2.45, 2.75) is 26.7 Å². The van der Waals surface area contributed by atoms with Crippen LogP contribution in [0.15, 0.2) is 24.8 Å². The predicted octanol–water partition coefficient (Wildman–Crippen LogP) is 2.27. The lowest BCUT2D eigenvalue weighted by molar-refractivity contribution is 0.533. The molecule has 126 valence electrons. The highest BCUT2D eigenvalue weighted by molar-refractivity contribution is 5.47. The smallest absolute Gasteiger partial charge is 0.150 e. The average molecular weight is 324 g/mol. The first-order chi connectivity index (χ1) is 11.6. The molecule has 2 atom stereocenters. The van der Waals surface area contributed by atoms with Crippen molar-refractivity contribution in [3.8, 4) is 0 Å². The second-order valence-electron chi connectivity index (χ2n) is 7.25. The first-order valence-corrected chi connectivity index (χ1v) is 8.71. The molecule has 2 aromatic rings. The van der Waals surface area contributed by atoms with Crippen molar-refractivity contribution in [1.82, 2.24) is 19.9 Å². The zero-order valence-corrected chi connectivity index (χ0v) is 14.6. The van der Waals surface area contributed by atoms with E-state index in [1.165, 1.54) is 0 Å². The Morgan fingerprint density at radius 3 is 2.25 bits per heavy atom. The van der Waals surface area contributed by atoms with Crippen molar-refractivity contribution in [3.63, 3.8) is 0 Å². The molecule has 2 unspecified atom stereocenters. The second-order valence-corrected chi connectivity index (χ2v) is 7.25. The third-order valence-electron chi connectivity index (χ3n) is 5.23. The molecule has 0 radical (unpaired) electrons. The minimum atomic E-state index is 0.434. The number of aromatic nitrogens is 4. The summed E-state index contributed by atoms with van der Waals surface area (Å²) in [6.45, 7) is 10.6. The molecule has 2 aliphatic heterocycles. The van der Waals surface area contributed by atoms with Crippen LogP contribution in [0.2, 0.25) is 0 Å². The standard InChI is InChI=1S/C18H24N6/c1-12(2)16-6-17(22-11-21-16)23-7-14-9-24(10-15(14)8-23)18-13(3)19-4-5-20-18/h4-6,11-12,14-15H,7-10H2,1-3H3. The third-order valence-corrected chi connectivity index (χ3v) is 5.23. The van der Waals surface area contributed by atoms with Gasteiger partial charge in [-0.15, -0.1) is 0 Å². The van der Waals surface area contributed by atoms with E-state index < -0.39 is 0 Å². The molecule has 0 amide bonds. The molecule has 2 aliphatic rings. The van der Waals surface area contributed by atoms with Crippen LogP contribution >= 0.6 is 0 Å². The zero-order chi connectivity index (χ0) is 16.7. The summed E-state index contributed by atoms with van der Waals surface area (Å²) in [5.74, 6) is 3.89. The molecule has 0 saturated carbocycles. The van der Waals surface area contributed by atoms with Gasteiger partial charge >= 0.3 is 0 Å². The Kier molecular flexibility index (Phi) is 3.82. The molecule has 4 heterocycles. The molecule has 6 nitrogen and oxygen atoms in total. The van der Waals surface area contributed by atoms with Gasteiger partial charge in [0.1, 0.15) is 18.0 Å². The van der Waals surface area contributed by atoms with Crippen LogP contribution in [0.4, 0.5) is 11.6 Å². The van der Waals surface area contributed by atoms with E-state index in [-0.39, 0.29) is 0 Å². The largest absolute Gasteiger partial charge is 0.356 e. The van der Waals surface area contributed by atoms with Gasteiger partial charge in [0.2, 0.25) is 0 Å². The van der Waals surface area contributed by atoms with Gasteiger partial charge in [0.25, 0.3) is 0 Å². The second kappa shape index (κ2) is 6.00. The summed E-state index contributed by atoms with van der Waals surface area (Å²) in [6.07, 6.45) is 5.25. The highest BCUT2D eigenvalue weighted by Gasteiger charge is 2.41. The number of rotatable bonds is 3. The lowest BCUT2D eigenvalue weighted by Gasteiger charge is -2.24. The van der Waals surface area contributed by atoms with Crippen LogP contribution in [0.1, 0.15) is 31.2 Å². The van der Waals surface area contributed by atoms with E-state index in [1.54, 1.807) is 18.7 Å². The Morgan fingerprint density at radius 2 is 1.58 bits per heavy atom. The number of hydrogen-bond acceptors (Lipinski definition) is 6. The van der Waals surface area contributed by atoms with Crippen LogP contribution in [-0.2, 0) is 0 Å². The molecule has 2 saturated heterocycles. The number of anilines is 2. The van der Waals surface area contributed by atoms with Crippen LogP contribution in [0.5, 0.6) is 0 Å². The minimum absolute atomic E-state index is 0.434. The molecule has 0 spiro atoms. The van der Waals surface area contributed by atoms with E-state index in [1.807, 2.05) is 6.92 Å². The molecule has 24 heavy (non-hydrogen) atoms. The van der Waals surface area contributed by atoms with Crippen LogP contribution < -0.4 is 9.80 Å². The van der Waals surface area contributed by atoms with Gasteiger partial charge in [-0.25, -0.2) is 15.0 Å². The summed E-state index contributed by atoms with van der Waals surface area (Å²) in [4.78, 5) is 22.6. The predicted molar refractivity (Wildman–Crippen MR) is 94.3 cm³/mol. The fraction of sp³-hybridized carbons (Fsp3) is 0.556. The van der Waals surface area contributed by atoms with Gasteiger partial charge in [-0.1, -0.05) is 13.8 Å². The average Bonchev–Trinajstić information content (AvgIpc) is 3.14. The molecule has 6 heteroatoms. The Labute approximate surface area is 143 Å². The van der Waals surface area contributed by atoms with Gasteiger partial charge < -0.3 is 9.80 Å². The molecule has 0 aliphatic carbocycles. The van der Waals surface area contributed by atoms with Gasteiger partial charge in [-0.05, 0) is 12.8 Å². The number of hydrogen-bond donors (Lipinski definition) is 0. The molecular formula is C18H24N6. The van der Waals surface area contributed by atoms with Gasteiger partial charge in [0, 0.05) is 62.2 Å². The van der Waals surface area contributed by atoms with Crippen molar-refractivity contribution in [2.75, 3.05) is 36.0 Å². The first-order valence-electron chi connectivity index (χ1n) is 8.71. The van der Waals surface area contributed by atoms with Crippen LogP contribution in [0, 0.1) is 18.8 Å². The van der Waals surface area contributed by atoms with Crippen LogP contribution in [0.3, 0.4) is 0 Å². The Hall–Kier alpha value is -2.24. The molecule has 0 N–H and O–H groups in total. The lowest BCUT2D eigenvalue weighted by Crippen LogP contribution is -2.30. The van der Waals surface area contributed by atoms with E-state index in [0.717, 1.165) is 49.2 Å². The van der Waals surface area contributed by atoms with E-state index in [4.69, 9.17) is 0 Å². The fourth-order valence-corrected chi connectivity index (χ4v) is 3.91. The molecule has 2 aromatic heterocycles. The highest BCUT2D eigenvalue weighted by atomic mass is 15.3. The summed E-state index contributed by atoms with van der Waals surface area (Å²) >= 11 is 0. The summed E-state index contributed by atoms with van der Waals surface area (Å²) in [5, 5.41) is 0. The maximum absolute atomic E-state index is 4.52. The van der Waals surface area contributed by atoms with Crippen molar-refractivity contribution in [1.29, 1.82) is 0 Å². The van der Waals surface area contributed by atoms with Crippen molar-refractivity contribution < 1.29 is 0 Å². The highest BCUT2D eigenvalue weighted by Crippen LogP contribution is 2.35.